The second kappa shape index (κ2) is 7.31. The summed E-state index contributed by atoms with van der Waals surface area (Å²) < 4.78 is 5.84. The van der Waals surface area contributed by atoms with Crippen molar-refractivity contribution < 1.29 is 4.74 Å². The SMILES string of the molecule is CN1CCN(c2ccc(OCCN3CC(CN)C3)cc2)CC1. The van der Waals surface area contributed by atoms with Gasteiger partial charge in [-0.05, 0) is 43.8 Å². The molecule has 0 atom stereocenters. The van der Waals surface area contributed by atoms with E-state index >= 15 is 0 Å². The number of anilines is 1. The van der Waals surface area contributed by atoms with Crippen molar-refractivity contribution in [3.05, 3.63) is 24.3 Å². The van der Waals surface area contributed by atoms with E-state index in [9.17, 15) is 0 Å². The topological polar surface area (TPSA) is 45.0 Å². The molecule has 2 heterocycles. The summed E-state index contributed by atoms with van der Waals surface area (Å²) in [6, 6.07) is 8.53. The molecule has 0 bridgehead atoms. The zero-order chi connectivity index (χ0) is 15.4. The highest BCUT2D eigenvalue weighted by Crippen LogP contribution is 2.21. The van der Waals surface area contributed by atoms with Gasteiger partial charge in [-0.1, -0.05) is 0 Å². The van der Waals surface area contributed by atoms with E-state index in [4.69, 9.17) is 10.5 Å². The summed E-state index contributed by atoms with van der Waals surface area (Å²) in [6.07, 6.45) is 0. The van der Waals surface area contributed by atoms with Crippen molar-refractivity contribution in [2.24, 2.45) is 11.7 Å². The molecule has 0 unspecified atom stereocenters. The zero-order valence-electron chi connectivity index (χ0n) is 13.6. The summed E-state index contributed by atoms with van der Waals surface area (Å²) in [7, 11) is 2.18. The van der Waals surface area contributed by atoms with Gasteiger partial charge in [-0.15, -0.1) is 0 Å². The zero-order valence-corrected chi connectivity index (χ0v) is 13.6. The number of nitrogens with two attached hydrogens (primary N) is 1. The van der Waals surface area contributed by atoms with Crippen LogP contribution in [0.3, 0.4) is 0 Å². The van der Waals surface area contributed by atoms with Gasteiger partial charge in [0.2, 0.25) is 0 Å². The van der Waals surface area contributed by atoms with Crippen LogP contribution in [0.5, 0.6) is 5.75 Å². The van der Waals surface area contributed by atoms with Gasteiger partial charge in [0.25, 0.3) is 0 Å². The summed E-state index contributed by atoms with van der Waals surface area (Å²) in [5, 5.41) is 0. The summed E-state index contributed by atoms with van der Waals surface area (Å²) in [6.45, 7) is 9.30. The lowest BCUT2D eigenvalue weighted by Crippen LogP contribution is -2.50. The Kier molecular flexibility index (Phi) is 5.18. The Labute approximate surface area is 133 Å². The minimum absolute atomic E-state index is 0.697. The van der Waals surface area contributed by atoms with E-state index in [2.05, 4.69) is 46.0 Å². The van der Waals surface area contributed by atoms with Crippen LogP contribution in [0.4, 0.5) is 5.69 Å². The quantitative estimate of drug-likeness (QED) is 0.838. The van der Waals surface area contributed by atoms with Crippen LogP contribution in [-0.2, 0) is 0 Å². The average Bonchev–Trinajstić information content (AvgIpc) is 2.51. The van der Waals surface area contributed by atoms with E-state index in [0.29, 0.717) is 5.92 Å². The van der Waals surface area contributed by atoms with Gasteiger partial charge >= 0.3 is 0 Å². The Morgan fingerprint density at radius 3 is 2.41 bits per heavy atom. The molecule has 3 rings (SSSR count). The van der Waals surface area contributed by atoms with Crippen molar-refractivity contribution in [1.29, 1.82) is 0 Å². The molecular formula is C17H28N4O. The van der Waals surface area contributed by atoms with Crippen LogP contribution >= 0.6 is 0 Å². The number of piperazine rings is 1. The van der Waals surface area contributed by atoms with E-state index in [0.717, 1.165) is 64.7 Å². The number of hydrogen-bond donors (Lipinski definition) is 1. The highest BCUT2D eigenvalue weighted by molar-refractivity contribution is 5.49. The van der Waals surface area contributed by atoms with Crippen molar-refractivity contribution in [1.82, 2.24) is 9.80 Å². The van der Waals surface area contributed by atoms with Gasteiger partial charge in [0, 0.05) is 51.5 Å². The minimum atomic E-state index is 0.697. The molecule has 2 N–H and O–H groups in total. The fraction of sp³-hybridized carbons (Fsp3) is 0.647. The van der Waals surface area contributed by atoms with Crippen LogP contribution < -0.4 is 15.4 Å². The molecule has 2 aliphatic rings. The maximum Gasteiger partial charge on any atom is 0.119 e. The van der Waals surface area contributed by atoms with Gasteiger partial charge in [0.05, 0.1) is 0 Å². The largest absolute Gasteiger partial charge is 0.492 e. The standard InChI is InChI=1S/C17H28N4O/c1-19-6-8-21(9-7-19)16-2-4-17(5-3-16)22-11-10-20-13-15(12-18)14-20/h2-5,15H,6-14,18H2,1H3. The third-order valence-electron chi connectivity index (χ3n) is 4.75. The van der Waals surface area contributed by atoms with Crippen LogP contribution in [0.25, 0.3) is 0 Å². The molecule has 0 amide bonds. The summed E-state index contributed by atoms with van der Waals surface area (Å²) in [4.78, 5) is 7.21. The Hall–Kier alpha value is -1.30. The first kappa shape index (κ1) is 15.6. The maximum absolute atomic E-state index is 5.84. The summed E-state index contributed by atoms with van der Waals surface area (Å²) >= 11 is 0. The highest BCUT2D eigenvalue weighted by Gasteiger charge is 2.24. The Balaban J connectivity index is 1.40. The number of rotatable bonds is 6. The molecule has 122 valence electrons. The van der Waals surface area contributed by atoms with Gasteiger partial charge in [-0.2, -0.15) is 0 Å². The Morgan fingerprint density at radius 1 is 1.09 bits per heavy atom. The predicted molar refractivity (Wildman–Crippen MR) is 90.6 cm³/mol. The number of nitrogens with zero attached hydrogens (tertiary/aromatic N) is 3. The minimum Gasteiger partial charge on any atom is -0.492 e. The number of benzene rings is 1. The van der Waals surface area contributed by atoms with Crippen molar-refractivity contribution in [2.75, 3.05) is 70.9 Å². The normalized spacial score (nSPS) is 20.9. The molecule has 5 nitrogen and oxygen atoms in total. The molecule has 1 aromatic rings. The second-order valence-electron chi connectivity index (χ2n) is 6.49. The average molecular weight is 304 g/mol. The number of likely N-dealkylation sites (tertiary alicyclic amines) is 1. The number of hydrogen-bond acceptors (Lipinski definition) is 5. The third kappa shape index (κ3) is 3.91. The lowest BCUT2D eigenvalue weighted by atomic mass is 10.0. The Bertz CT molecular complexity index is 450. The lowest BCUT2D eigenvalue weighted by Gasteiger charge is -2.38. The molecule has 0 aromatic heterocycles. The molecule has 2 saturated heterocycles. The van der Waals surface area contributed by atoms with Crippen molar-refractivity contribution in [3.8, 4) is 5.75 Å². The van der Waals surface area contributed by atoms with Crippen LogP contribution in [0.15, 0.2) is 24.3 Å². The van der Waals surface area contributed by atoms with Gasteiger partial charge in [-0.25, -0.2) is 0 Å². The fourth-order valence-electron chi connectivity index (χ4n) is 3.12. The number of likely N-dealkylation sites (N-methyl/N-ethyl adjacent to an activating group) is 1. The van der Waals surface area contributed by atoms with E-state index < -0.39 is 0 Å². The van der Waals surface area contributed by atoms with Gasteiger partial charge in [0.1, 0.15) is 12.4 Å². The first-order valence-corrected chi connectivity index (χ1v) is 8.33. The van der Waals surface area contributed by atoms with E-state index in [1.165, 1.54) is 5.69 Å². The van der Waals surface area contributed by atoms with Gasteiger partial charge in [0.15, 0.2) is 0 Å². The second-order valence-corrected chi connectivity index (χ2v) is 6.49. The van der Waals surface area contributed by atoms with Crippen LogP contribution in [-0.4, -0.2) is 75.8 Å². The number of ether oxygens (including phenoxy) is 1. The molecule has 0 saturated carbocycles. The third-order valence-corrected chi connectivity index (χ3v) is 4.75. The van der Waals surface area contributed by atoms with Crippen LogP contribution in [0.2, 0.25) is 0 Å². The van der Waals surface area contributed by atoms with Crippen LogP contribution in [0, 0.1) is 5.92 Å². The van der Waals surface area contributed by atoms with Crippen molar-refractivity contribution in [3.63, 3.8) is 0 Å². The van der Waals surface area contributed by atoms with Gasteiger partial charge < -0.3 is 20.3 Å². The monoisotopic (exact) mass is 304 g/mol. The van der Waals surface area contributed by atoms with Crippen molar-refractivity contribution in [2.45, 2.75) is 0 Å². The summed E-state index contributed by atoms with van der Waals surface area (Å²) in [5.74, 6) is 1.66. The lowest BCUT2D eigenvalue weighted by molar-refractivity contribution is 0.0875. The van der Waals surface area contributed by atoms with E-state index in [-0.39, 0.29) is 0 Å². The van der Waals surface area contributed by atoms with E-state index in [1.54, 1.807) is 0 Å². The molecule has 2 aliphatic heterocycles. The van der Waals surface area contributed by atoms with Gasteiger partial charge in [-0.3, -0.25) is 4.90 Å². The fourth-order valence-corrected chi connectivity index (χ4v) is 3.12. The predicted octanol–water partition coefficient (Wildman–Crippen LogP) is 0.708. The molecule has 0 aliphatic carbocycles. The molecule has 1 aromatic carbocycles. The smallest absolute Gasteiger partial charge is 0.119 e. The molecule has 2 fully saturated rings. The summed E-state index contributed by atoms with van der Waals surface area (Å²) in [5.41, 5.74) is 6.93. The van der Waals surface area contributed by atoms with Crippen molar-refractivity contribution >= 4 is 5.69 Å². The van der Waals surface area contributed by atoms with E-state index in [1.807, 2.05) is 0 Å². The molecule has 0 spiro atoms. The van der Waals surface area contributed by atoms with Crippen LogP contribution in [0.1, 0.15) is 0 Å². The Morgan fingerprint density at radius 2 is 1.77 bits per heavy atom. The molecule has 5 heteroatoms. The highest BCUT2D eigenvalue weighted by atomic mass is 16.5. The molecule has 22 heavy (non-hydrogen) atoms. The first-order chi connectivity index (χ1) is 10.7. The molecule has 0 radical (unpaired) electrons. The maximum atomic E-state index is 5.84. The molecular weight excluding hydrogens is 276 g/mol. The first-order valence-electron chi connectivity index (χ1n) is 8.33.